The molecule has 2 aromatic rings. The third-order valence-corrected chi connectivity index (χ3v) is 9.49. The molecule has 4 amide bonds. The molecule has 0 unspecified atom stereocenters. The number of hydroxylamine groups is 4. The Bertz CT molecular complexity index is 1380. The highest BCUT2D eigenvalue weighted by atomic mass is 79.9. The van der Waals surface area contributed by atoms with Gasteiger partial charge >= 0.3 is 20.2 Å². The van der Waals surface area contributed by atoms with Crippen molar-refractivity contribution < 1.29 is 44.6 Å². The lowest BCUT2D eigenvalue weighted by atomic mass is 9.59. The quantitative estimate of drug-likeness (QED) is 0.413. The molecule has 188 valence electrons. The fourth-order valence-electron chi connectivity index (χ4n) is 4.37. The van der Waals surface area contributed by atoms with Gasteiger partial charge in [-0.3, -0.25) is 19.2 Å². The summed E-state index contributed by atoms with van der Waals surface area (Å²) in [5, 5.41) is 0.0741. The van der Waals surface area contributed by atoms with E-state index in [-0.39, 0.29) is 19.9 Å². The van der Waals surface area contributed by atoms with Crippen LogP contribution in [-0.4, -0.2) is 50.6 Å². The van der Waals surface area contributed by atoms with Gasteiger partial charge in [-0.05, 0) is 48.5 Å². The summed E-state index contributed by atoms with van der Waals surface area (Å²) in [4.78, 5) is 50.7. The van der Waals surface area contributed by atoms with Gasteiger partial charge in [-0.25, -0.2) is 0 Å². The first-order chi connectivity index (χ1) is 16.8. The second-order valence-electron chi connectivity index (χ2n) is 8.01. The van der Waals surface area contributed by atoms with E-state index in [0.29, 0.717) is 8.95 Å². The Morgan fingerprint density at radius 1 is 0.528 bits per heavy atom. The molecular weight excluding hydrogens is 652 g/mol. The Morgan fingerprint density at radius 3 is 1.03 bits per heavy atom. The minimum absolute atomic E-state index is 0.0371. The third-order valence-electron chi connectivity index (χ3n) is 6.04. The maximum atomic E-state index is 12.8. The van der Waals surface area contributed by atoms with Crippen LogP contribution in [0.1, 0.15) is 0 Å². The first kappa shape index (κ1) is 25.2. The van der Waals surface area contributed by atoms with Gasteiger partial charge in [0.2, 0.25) is 0 Å². The molecule has 0 spiro atoms. The number of carbonyl (C=O) groups excluding carboxylic acids is 4. The molecule has 0 radical (unpaired) electrons. The number of hydrogen-bond donors (Lipinski definition) is 0. The van der Waals surface area contributed by atoms with E-state index in [1.807, 2.05) is 0 Å². The molecule has 2 heterocycles. The lowest BCUT2D eigenvalue weighted by molar-refractivity contribution is -0.169. The SMILES string of the molecule is O=C1C2C(C(=O)N1OS(=O)(=O)c1ccc(Br)cc1)C1C(=O)N(OS(=O)(=O)c3ccc(Br)cc3)C(=O)C21. The fraction of sp³-hybridized carbons (Fsp3) is 0.200. The number of imide groups is 2. The van der Waals surface area contributed by atoms with Crippen LogP contribution in [0.4, 0.5) is 0 Å². The van der Waals surface area contributed by atoms with Crippen molar-refractivity contribution in [2.24, 2.45) is 23.7 Å². The van der Waals surface area contributed by atoms with Crippen molar-refractivity contribution >= 4 is 75.7 Å². The number of nitrogens with zero attached hydrogens (tertiary/aromatic N) is 2. The number of amides is 4. The molecule has 5 rings (SSSR count). The zero-order valence-corrected chi connectivity index (χ0v) is 22.3. The minimum Gasteiger partial charge on any atom is -0.272 e. The Kier molecular flexibility index (Phi) is 5.96. The average molecular weight is 664 g/mol. The lowest BCUT2D eigenvalue weighted by Crippen LogP contribution is -2.50. The zero-order chi connectivity index (χ0) is 26.2. The van der Waals surface area contributed by atoms with Crippen LogP contribution in [0.2, 0.25) is 0 Å². The Balaban J connectivity index is 1.36. The number of hydrogen-bond acceptors (Lipinski definition) is 10. The van der Waals surface area contributed by atoms with Crippen LogP contribution < -0.4 is 0 Å². The monoisotopic (exact) mass is 662 g/mol. The summed E-state index contributed by atoms with van der Waals surface area (Å²) in [5.41, 5.74) is 0. The summed E-state index contributed by atoms with van der Waals surface area (Å²) in [5.74, 6) is -10.1. The van der Waals surface area contributed by atoms with Crippen LogP contribution in [-0.2, 0) is 48.0 Å². The van der Waals surface area contributed by atoms with Gasteiger partial charge in [-0.1, -0.05) is 31.9 Å². The number of rotatable bonds is 6. The van der Waals surface area contributed by atoms with Gasteiger partial charge in [0.25, 0.3) is 23.6 Å². The van der Waals surface area contributed by atoms with Crippen LogP contribution in [0.5, 0.6) is 0 Å². The highest BCUT2D eigenvalue weighted by molar-refractivity contribution is 9.10. The van der Waals surface area contributed by atoms with E-state index < -0.39 is 67.5 Å². The maximum absolute atomic E-state index is 12.8. The summed E-state index contributed by atoms with van der Waals surface area (Å²) in [7, 11) is -9.18. The minimum atomic E-state index is -4.59. The van der Waals surface area contributed by atoms with Gasteiger partial charge in [0.05, 0.1) is 33.5 Å². The molecule has 36 heavy (non-hydrogen) atoms. The van der Waals surface area contributed by atoms with Gasteiger partial charge in [0.1, 0.15) is 0 Å². The molecular formula is C20H12Br2N2O10S2. The fourth-order valence-corrected chi connectivity index (χ4v) is 6.69. The van der Waals surface area contributed by atoms with Crippen molar-refractivity contribution in [3.05, 3.63) is 57.5 Å². The van der Waals surface area contributed by atoms with Crippen molar-refractivity contribution in [1.82, 2.24) is 10.1 Å². The molecule has 1 aliphatic carbocycles. The van der Waals surface area contributed by atoms with E-state index in [1.165, 1.54) is 48.5 Å². The molecule has 1 saturated carbocycles. The number of halogens is 2. The summed E-state index contributed by atoms with van der Waals surface area (Å²) in [6, 6.07) is 10.4. The van der Waals surface area contributed by atoms with E-state index in [1.54, 1.807) is 0 Å². The first-order valence-electron chi connectivity index (χ1n) is 9.99. The normalized spacial score (nSPS) is 25.7. The average Bonchev–Trinajstić information content (AvgIpc) is 3.10. The topological polar surface area (TPSA) is 161 Å². The largest absolute Gasteiger partial charge is 0.318 e. The number of fused-ring (bicyclic) bond motifs is 4. The molecule has 16 heteroatoms. The predicted molar refractivity (Wildman–Crippen MR) is 122 cm³/mol. The Morgan fingerprint density at radius 2 is 0.778 bits per heavy atom. The summed E-state index contributed by atoms with van der Waals surface area (Å²) in [6.45, 7) is 0. The summed E-state index contributed by atoms with van der Waals surface area (Å²) in [6.07, 6.45) is 0. The molecule has 0 N–H and O–H groups in total. The van der Waals surface area contributed by atoms with E-state index in [0.717, 1.165) is 0 Å². The molecule has 3 fully saturated rings. The van der Waals surface area contributed by atoms with Crippen LogP contribution in [0, 0.1) is 23.7 Å². The van der Waals surface area contributed by atoms with Gasteiger partial charge in [-0.15, -0.1) is 18.7 Å². The van der Waals surface area contributed by atoms with Gasteiger partial charge < -0.3 is 0 Å². The standard InChI is InChI=1S/C20H12Br2N2O10S2/c21-9-1-5-11(6-2-9)35(29,30)33-23-17(25)13-14(18(23)26)16-15(13)19(27)24(20(16)28)34-36(31,32)12-7-3-10(22)4-8-12/h1-8,13-16H. The third kappa shape index (κ3) is 3.83. The van der Waals surface area contributed by atoms with Crippen molar-refractivity contribution in [3.8, 4) is 0 Å². The van der Waals surface area contributed by atoms with Crippen LogP contribution in [0.15, 0.2) is 67.3 Å². The van der Waals surface area contributed by atoms with E-state index in [9.17, 15) is 36.0 Å². The molecule has 2 saturated heterocycles. The molecule has 12 nitrogen and oxygen atoms in total. The zero-order valence-electron chi connectivity index (χ0n) is 17.5. The van der Waals surface area contributed by atoms with E-state index in [2.05, 4.69) is 31.9 Å². The highest BCUT2D eigenvalue weighted by Crippen LogP contribution is 2.56. The van der Waals surface area contributed by atoms with Crippen LogP contribution >= 0.6 is 31.9 Å². The molecule has 3 aliphatic rings. The van der Waals surface area contributed by atoms with Gasteiger partial charge in [0, 0.05) is 8.95 Å². The maximum Gasteiger partial charge on any atom is 0.318 e. The molecule has 0 bridgehead atoms. The molecule has 0 aromatic heterocycles. The van der Waals surface area contributed by atoms with Gasteiger partial charge in [0.15, 0.2) is 0 Å². The van der Waals surface area contributed by atoms with Gasteiger partial charge in [-0.2, -0.15) is 16.8 Å². The van der Waals surface area contributed by atoms with Crippen LogP contribution in [0.25, 0.3) is 0 Å². The highest BCUT2D eigenvalue weighted by Gasteiger charge is 2.75. The van der Waals surface area contributed by atoms with E-state index in [4.69, 9.17) is 8.57 Å². The molecule has 2 aromatic carbocycles. The van der Waals surface area contributed by atoms with Crippen LogP contribution in [0.3, 0.4) is 0 Å². The Labute approximate surface area is 220 Å². The summed E-state index contributed by atoms with van der Waals surface area (Å²) < 4.78 is 60.9. The van der Waals surface area contributed by atoms with E-state index >= 15 is 0 Å². The first-order valence-corrected chi connectivity index (χ1v) is 14.4. The van der Waals surface area contributed by atoms with Crippen molar-refractivity contribution in [3.63, 3.8) is 0 Å². The molecule has 0 atom stereocenters. The number of benzene rings is 2. The van der Waals surface area contributed by atoms with Crippen molar-refractivity contribution in [2.75, 3.05) is 0 Å². The van der Waals surface area contributed by atoms with Crippen molar-refractivity contribution in [2.45, 2.75) is 9.79 Å². The smallest absolute Gasteiger partial charge is 0.272 e. The predicted octanol–water partition coefficient (Wildman–Crippen LogP) is 1.37. The number of carbonyl (C=O) groups is 4. The summed E-state index contributed by atoms with van der Waals surface area (Å²) >= 11 is 6.30. The lowest BCUT2D eigenvalue weighted by Gasteiger charge is -2.35. The Hall–Kier alpha value is -2.50. The second-order valence-corrected chi connectivity index (χ2v) is 12.9. The second kappa shape index (κ2) is 8.53. The van der Waals surface area contributed by atoms with Crippen molar-refractivity contribution in [1.29, 1.82) is 0 Å². The molecule has 2 aliphatic heterocycles.